The van der Waals surface area contributed by atoms with Crippen molar-refractivity contribution >= 4 is 0 Å². The number of H-pyrrole nitrogens is 1. The average molecular weight is 108 g/mol. The fourth-order valence-electron chi connectivity index (χ4n) is 0.625. The third-order valence-electron chi connectivity index (χ3n) is 1.23. The Hall–Kier alpha value is -0.720. The molecule has 0 aromatic carbocycles. The molecule has 43 valence electrons. The molecule has 1 radical (unpaired) electrons. The van der Waals surface area contributed by atoms with E-state index in [1.165, 1.54) is 5.56 Å². The maximum absolute atomic E-state index is 2.89. The molecule has 0 aliphatic carbocycles. The van der Waals surface area contributed by atoms with Gasteiger partial charge in [-0.05, 0) is 17.5 Å². The van der Waals surface area contributed by atoms with Crippen molar-refractivity contribution < 1.29 is 0 Å². The number of aromatic nitrogens is 1. The van der Waals surface area contributed by atoms with Gasteiger partial charge in [0.05, 0.1) is 6.20 Å². The first-order valence-electron chi connectivity index (χ1n) is 2.85. The van der Waals surface area contributed by atoms with Gasteiger partial charge in [-0.25, -0.2) is 0 Å². The standard InChI is InChI=1S/C7H10N/c1-6(2)7-3-4-8-5-7/h3,5-6,8H,1-2H3. The van der Waals surface area contributed by atoms with Crippen LogP contribution >= 0.6 is 0 Å². The van der Waals surface area contributed by atoms with Crippen molar-refractivity contribution in [2.75, 3.05) is 0 Å². The Labute approximate surface area is 49.7 Å². The van der Waals surface area contributed by atoms with Gasteiger partial charge in [0, 0.05) is 6.20 Å². The van der Waals surface area contributed by atoms with Crippen LogP contribution in [0.3, 0.4) is 0 Å². The molecule has 0 aliphatic heterocycles. The molecule has 0 unspecified atom stereocenters. The van der Waals surface area contributed by atoms with Crippen molar-refractivity contribution in [1.29, 1.82) is 0 Å². The van der Waals surface area contributed by atoms with E-state index in [0.29, 0.717) is 5.92 Å². The summed E-state index contributed by atoms with van der Waals surface area (Å²) in [6.45, 7) is 4.33. The van der Waals surface area contributed by atoms with Crippen LogP contribution < -0.4 is 0 Å². The van der Waals surface area contributed by atoms with Gasteiger partial charge in [0.25, 0.3) is 0 Å². The second-order valence-electron chi connectivity index (χ2n) is 2.23. The molecule has 0 atom stereocenters. The Morgan fingerprint density at radius 1 is 1.62 bits per heavy atom. The number of hydrogen-bond donors (Lipinski definition) is 1. The zero-order chi connectivity index (χ0) is 5.98. The van der Waals surface area contributed by atoms with E-state index >= 15 is 0 Å². The van der Waals surface area contributed by atoms with Crippen LogP contribution in [0, 0.1) is 6.20 Å². The molecular formula is C7H10N. The van der Waals surface area contributed by atoms with E-state index < -0.39 is 0 Å². The lowest BCUT2D eigenvalue weighted by molar-refractivity contribution is 0.868. The van der Waals surface area contributed by atoms with Crippen LogP contribution in [0.2, 0.25) is 0 Å². The third kappa shape index (κ3) is 0.915. The highest BCUT2D eigenvalue weighted by Gasteiger charge is 1.95. The van der Waals surface area contributed by atoms with E-state index in [1.807, 2.05) is 12.3 Å². The predicted molar refractivity (Wildman–Crippen MR) is 33.7 cm³/mol. The van der Waals surface area contributed by atoms with Crippen molar-refractivity contribution in [3.63, 3.8) is 0 Å². The summed E-state index contributed by atoms with van der Waals surface area (Å²) in [7, 11) is 0. The molecule has 1 aromatic heterocycles. The minimum atomic E-state index is 0.623. The lowest BCUT2D eigenvalue weighted by Gasteiger charge is -1.95. The van der Waals surface area contributed by atoms with Crippen LogP contribution in [0.15, 0.2) is 12.3 Å². The molecule has 1 nitrogen and oxygen atoms in total. The van der Waals surface area contributed by atoms with Gasteiger partial charge in [0.1, 0.15) is 0 Å². The summed E-state index contributed by atoms with van der Waals surface area (Å²) in [6, 6.07) is 1.98. The number of aromatic amines is 1. The van der Waals surface area contributed by atoms with Gasteiger partial charge in [0.15, 0.2) is 0 Å². The van der Waals surface area contributed by atoms with E-state index in [9.17, 15) is 0 Å². The summed E-state index contributed by atoms with van der Waals surface area (Å²) in [5.41, 5.74) is 1.32. The summed E-state index contributed by atoms with van der Waals surface area (Å²) < 4.78 is 0. The SMILES string of the molecule is CC(C)c1c[c][nH]c1. The molecule has 8 heavy (non-hydrogen) atoms. The van der Waals surface area contributed by atoms with Crippen LogP contribution in [0.5, 0.6) is 0 Å². The lowest BCUT2D eigenvalue weighted by atomic mass is 10.1. The van der Waals surface area contributed by atoms with Crippen LogP contribution in [-0.4, -0.2) is 4.98 Å². The highest BCUT2D eigenvalue weighted by molar-refractivity contribution is 5.11. The molecule has 0 saturated heterocycles. The molecule has 1 N–H and O–H groups in total. The van der Waals surface area contributed by atoms with Gasteiger partial charge < -0.3 is 4.98 Å². The van der Waals surface area contributed by atoms with Crippen molar-refractivity contribution in [2.45, 2.75) is 19.8 Å². The first-order chi connectivity index (χ1) is 3.80. The second kappa shape index (κ2) is 2.03. The van der Waals surface area contributed by atoms with E-state index in [0.717, 1.165) is 0 Å². The first kappa shape index (κ1) is 5.42. The quantitative estimate of drug-likeness (QED) is 0.565. The smallest absolute Gasteiger partial charge is 0.0622 e. The molecule has 1 rings (SSSR count). The lowest BCUT2D eigenvalue weighted by Crippen LogP contribution is -1.79. The fraction of sp³-hybridized carbons (Fsp3) is 0.429. The Bertz CT molecular complexity index is 139. The minimum absolute atomic E-state index is 0.623. The van der Waals surface area contributed by atoms with Crippen LogP contribution in [0.1, 0.15) is 25.3 Å². The number of rotatable bonds is 1. The summed E-state index contributed by atoms with van der Waals surface area (Å²) >= 11 is 0. The van der Waals surface area contributed by atoms with Gasteiger partial charge in [0.2, 0.25) is 0 Å². The third-order valence-corrected chi connectivity index (χ3v) is 1.23. The van der Waals surface area contributed by atoms with Gasteiger partial charge in [-0.15, -0.1) is 0 Å². The molecular weight excluding hydrogens is 98.1 g/mol. The van der Waals surface area contributed by atoms with Crippen LogP contribution in [0.25, 0.3) is 0 Å². The molecule has 0 fully saturated rings. The zero-order valence-electron chi connectivity index (χ0n) is 5.23. The molecule has 0 spiro atoms. The molecule has 1 heterocycles. The Morgan fingerprint density at radius 3 is 2.62 bits per heavy atom. The van der Waals surface area contributed by atoms with E-state index in [1.54, 1.807) is 0 Å². The van der Waals surface area contributed by atoms with Crippen molar-refractivity contribution in [3.05, 3.63) is 24.0 Å². The van der Waals surface area contributed by atoms with Crippen molar-refractivity contribution in [2.24, 2.45) is 0 Å². The summed E-state index contributed by atoms with van der Waals surface area (Å²) in [6.07, 6.45) is 4.86. The Kier molecular flexibility index (Phi) is 1.38. The fourth-order valence-corrected chi connectivity index (χ4v) is 0.625. The Morgan fingerprint density at radius 2 is 2.38 bits per heavy atom. The van der Waals surface area contributed by atoms with Gasteiger partial charge >= 0.3 is 0 Å². The average Bonchev–Trinajstić information content (AvgIpc) is 2.12. The molecule has 1 aromatic rings. The van der Waals surface area contributed by atoms with Gasteiger partial charge in [-0.1, -0.05) is 13.8 Å². The molecule has 0 bridgehead atoms. The maximum atomic E-state index is 2.89. The predicted octanol–water partition coefficient (Wildman–Crippen LogP) is 1.94. The summed E-state index contributed by atoms with van der Waals surface area (Å²) in [5.74, 6) is 0.623. The topological polar surface area (TPSA) is 15.8 Å². The highest BCUT2D eigenvalue weighted by atomic mass is 14.6. The number of hydrogen-bond acceptors (Lipinski definition) is 0. The highest BCUT2D eigenvalue weighted by Crippen LogP contribution is 2.10. The monoisotopic (exact) mass is 108 g/mol. The molecule has 0 saturated carbocycles. The van der Waals surface area contributed by atoms with Crippen LogP contribution in [-0.2, 0) is 0 Å². The maximum Gasteiger partial charge on any atom is 0.0622 e. The van der Waals surface area contributed by atoms with E-state index in [-0.39, 0.29) is 0 Å². The first-order valence-corrected chi connectivity index (χ1v) is 2.85. The minimum Gasteiger partial charge on any atom is -0.360 e. The number of nitrogens with one attached hydrogen (secondary N) is 1. The molecule has 0 aliphatic rings. The Balaban J connectivity index is 2.77. The van der Waals surface area contributed by atoms with Crippen molar-refractivity contribution in [3.8, 4) is 0 Å². The van der Waals surface area contributed by atoms with Crippen molar-refractivity contribution in [1.82, 2.24) is 4.98 Å². The van der Waals surface area contributed by atoms with Gasteiger partial charge in [-0.3, -0.25) is 0 Å². The summed E-state index contributed by atoms with van der Waals surface area (Å²) in [4.78, 5) is 2.89. The second-order valence-corrected chi connectivity index (χ2v) is 2.23. The normalized spacial score (nSPS) is 10.4. The molecule has 0 amide bonds. The largest absolute Gasteiger partial charge is 0.360 e. The van der Waals surface area contributed by atoms with Gasteiger partial charge in [-0.2, -0.15) is 0 Å². The van der Waals surface area contributed by atoms with E-state index in [4.69, 9.17) is 0 Å². The van der Waals surface area contributed by atoms with Crippen LogP contribution in [0.4, 0.5) is 0 Å². The summed E-state index contributed by atoms with van der Waals surface area (Å²) in [5, 5.41) is 0. The zero-order valence-corrected chi connectivity index (χ0v) is 5.23. The molecule has 1 heteroatoms. The van der Waals surface area contributed by atoms with E-state index in [2.05, 4.69) is 25.0 Å².